The monoisotopic (exact) mass is 256 g/mol. The van der Waals surface area contributed by atoms with E-state index in [1.54, 1.807) is 0 Å². The molecule has 0 radical (unpaired) electrons. The largest absolute Gasteiger partial charge is 0.396 e. The average molecular weight is 256 g/mol. The summed E-state index contributed by atoms with van der Waals surface area (Å²) in [4.78, 5) is 0. The van der Waals surface area contributed by atoms with Gasteiger partial charge in [-0.2, -0.15) is 0 Å². The smallest absolute Gasteiger partial charge is 0.0841 e. The Bertz CT molecular complexity index is 182. The van der Waals surface area contributed by atoms with Gasteiger partial charge < -0.3 is 9.84 Å². The van der Waals surface area contributed by atoms with Crippen molar-refractivity contribution in [3.63, 3.8) is 0 Å². The molecule has 2 atom stereocenters. The highest BCUT2D eigenvalue weighted by Crippen LogP contribution is 2.31. The Labute approximate surface area is 113 Å². The van der Waals surface area contributed by atoms with Crippen LogP contribution in [0.4, 0.5) is 0 Å². The van der Waals surface area contributed by atoms with Gasteiger partial charge in [0, 0.05) is 6.61 Å². The predicted molar refractivity (Wildman–Crippen MR) is 76.8 cm³/mol. The Morgan fingerprint density at radius 2 is 1.22 bits per heavy atom. The third-order valence-corrected chi connectivity index (χ3v) is 3.93. The highest BCUT2D eigenvalue weighted by molar-refractivity contribution is 4.84. The van der Waals surface area contributed by atoms with E-state index >= 15 is 0 Å². The molecule has 0 aromatic heterocycles. The molecule has 2 nitrogen and oxygen atoms in total. The number of rotatable bonds is 13. The number of hydrogen-bond acceptors (Lipinski definition) is 2. The molecule has 0 saturated carbocycles. The lowest BCUT2D eigenvalue weighted by molar-refractivity contribution is 0.280. The zero-order valence-corrected chi connectivity index (χ0v) is 12.2. The van der Waals surface area contributed by atoms with Gasteiger partial charge >= 0.3 is 0 Å². The number of aliphatic hydroxyl groups excluding tert-OH is 1. The van der Waals surface area contributed by atoms with E-state index in [4.69, 9.17) is 9.84 Å². The van der Waals surface area contributed by atoms with Crippen LogP contribution in [-0.4, -0.2) is 23.9 Å². The van der Waals surface area contributed by atoms with Gasteiger partial charge in [0.1, 0.15) is 0 Å². The molecule has 0 amide bonds. The summed E-state index contributed by atoms with van der Waals surface area (Å²) in [6, 6.07) is 0. The van der Waals surface area contributed by atoms with Crippen molar-refractivity contribution in [1.29, 1.82) is 0 Å². The molecule has 0 bridgehead atoms. The average Bonchev–Trinajstić information content (AvgIpc) is 3.12. The van der Waals surface area contributed by atoms with Gasteiger partial charge in [0.2, 0.25) is 0 Å². The van der Waals surface area contributed by atoms with Crippen molar-refractivity contribution >= 4 is 0 Å². The van der Waals surface area contributed by atoms with Gasteiger partial charge in [-0.05, 0) is 19.3 Å². The summed E-state index contributed by atoms with van der Waals surface area (Å²) in [7, 11) is 0. The zero-order valence-electron chi connectivity index (χ0n) is 12.2. The van der Waals surface area contributed by atoms with E-state index in [9.17, 15) is 0 Å². The topological polar surface area (TPSA) is 32.8 Å². The molecule has 0 aromatic carbocycles. The van der Waals surface area contributed by atoms with Crippen LogP contribution in [0.1, 0.15) is 84.0 Å². The van der Waals surface area contributed by atoms with Crippen molar-refractivity contribution in [2.75, 3.05) is 6.61 Å². The molecule has 0 aromatic rings. The van der Waals surface area contributed by atoms with Gasteiger partial charge in [0.15, 0.2) is 0 Å². The van der Waals surface area contributed by atoms with Crippen molar-refractivity contribution in [3.05, 3.63) is 0 Å². The first-order chi connectivity index (χ1) is 8.88. The Hall–Kier alpha value is -0.0800. The second kappa shape index (κ2) is 10.8. The van der Waals surface area contributed by atoms with Crippen LogP contribution in [0, 0.1) is 0 Å². The maximum atomic E-state index is 8.69. The lowest BCUT2D eigenvalue weighted by Crippen LogP contribution is -1.95. The van der Waals surface area contributed by atoms with Crippen LogP contribution in [0.5, 0.6) is 0 Å². The van der Waals surface area contributed by atoms with Gasteiger partial charge in [-0.15, -0.1) is 0 Å². The van der Waals surface area contributed by atoms with E-state index in [1.807, 2.05) is 0 Å². The van der Waals surface area contributed by atoms with Crippen molar-refractivity contribution in [2.24, 2.45) is 0 Å². The Morgan fingerprint density at radius 3 is 1.78 bits per heavy atom. The summed E-state index contributed by atoms with van der Waals surface area (Å²) in [5.41, 5.74) is 0. The first-order valence-corrected chi connectivity index (χ1v) is 8.14. The van der Waals surface area contributed by atoms with E-state index < -0.39 is 0 Å². The molecule has 108 valence electrons. The molecule has 1 saturated heterocycles. The lowest BCUT2D eigenvalue weighted by Gasteiger charge is -2.00. The highest BCUT2D eigenvalue weighted by Gasteiger charge is 2.36. The van der Waals surface area contributed by atoms with Gasteiger partial charge in [-0.25, -0.2) is 0 Å². The molecule has 2 heteroatoms. The van der Waals surface area contributed by atoms with Gasteiger partial charge in [-0.3, -0.25) is 0 Å². The Kier molecular flexibility index (Phi) is 9.59. The quantitative estimate of drug-likeness (QED) is 0.390. The summed E-state index contributed by atoms with van der Waals surface area (Å²) in [6.07, 6.45) is 16.7. The fraction of sp³-hybridized carbons (Fsp3) is 1.00. The predicted octanol–water partition coefficient (Wildman–Crippen LogP) is 4.45. The molecule has 0 aliphatic carbocycles. The second-order valence-corrected chi connectivity index (χ2v) is 5.70. The minimum absolute atomic E-state index is 0.340. The Balaban J connectivity index is 1.76. The minimum Gasteiger partial charge on any atom is -0.396 e. The van der Waals surface area contributed by atoms with Crippen LogP contribution in [0.25, 0.3) is 0 Å². The van der Waals surface area contributed by atoms with E-state index in [-0.39, 0.29) is 0 Å². The first-order valence-electron chi connectivity index (χ1n) is 8.14. The minimum atomic E-state index is 0.340. The maximum Gasteiger partial charge on any atom is 0.0841 e. The molecule has 1 aliphatic heterocycles. The molecular formula is C16H32O2. The highest BCUT2D eigenvalue weighted by atomic mass is 16.6. The third kappa shape index (κ3) is 8.10. The summed E-state index contributed by atoms with van der Waals surface area (Å²) >= 11 is 0. The summed E-state index contributed by atoms with van der Waals surface area (Å²) in [5, 5.41) is 8.69. The second-order valence-electron chi connectivity index (χ2n) is 5.70. The summed E-state index contributed by atoms with van der Waals surface area (Å²) in [6.45, 7) is 2.61. The number of aliphatic hydroxyl groups is 1. The van der Waals surface area contributed by atoms with Crippen LogP contribution in [-0.2, 0) is 4.74 Å². The van der Waals surface area contributed by atoms with Crippen molar-refractivity contribution in [1.82, 2.24) is 0 Å². The van der Waals surface area contributed by atoms with Gasteiger partial charge in [0.05, 0.1) is 12.2 Å². The van der Waals surface area contributed by atoms with Crippen molar-refractivity contribution < 1.29 is 9.84 Å². The van der Waals surface area contributed by atoms with Crippen LogP contribution in [0.3, 0.4) is 0 Å². The van der Waals surface area contributed by atoms with E-state index in [0.717, 1.165) is 12.8 Å². The van der Waals surface area contributed by atoms with Crippen molar-refractivity contribution in [3.8, 4) is 0 Å². The fourth-order valence-corrected chi connectivity index (χ4v) is 2.62. The molecule has 1 N–H and O–H groups in total. The number of ether oxygens (including phenoxy) is 1. The lowest BCUT2D eigenvalue weighted by atomic mass is 10.0. The third-order valence-electron chi connectivity index (χ3n) is 3.93. The van der Waals surface area contributed by atoms with Gasteiger partial charge in [0.25, 0.3) is 0 Å². The molecule has 18 heavy (non-hydrogen) atoms. The zero-order chi connectivity index (χ0) is 13.1. The SMILES string of the molecule is CCCCCCCCCC1OC1CCCCCO. The maximum absolute atomic E-state index is 8.69. The molecule has 1 rings (SSSR count). The number of hydrogen-bond donors (Lipinski definition) is 1. The van der Waals surface area contributed by atoms with Crippen LogP contribution in [0.2, 0.25) is 0 Å². The fourth-order valence-electron chi connectivity index (χ4n) is 2.62. The van der Waals surface area contributed by atoms with E-state index in [0.29, 0.717) is 18.8 Å². The molecule has 2 unspecified atom stereocenters. The van der Waals surface area contributed by atoms with E-state index in [2.05, 4.69) is 6.92 Å². The summed E-state index contributed by atoms with van der Waals surface area (Å²) in [5.74, 6) is 0. The normalized spacial score (nSPS) is 22.3. The molecule has 1 fully saturated rings. The molecule has 1 aliphatic rings. The van der Waals surface area contributed by atoms with Crippen LogP contribution in [0.15, 0.2) is 0 Å². The number of epoxide rings is 1. The van der Waals surface area contributed by atoms with Crippen molar-refractivity contribution in [2.45, 2.75) is 96.2 Å². The first kappa shape index (κ1) is 16.0. The molecule has 0 spiro atoms. The van der Waals surface area contributed by atoms with Crippen LogP contribution >= 0.6 is 0 Å². The standard InChI is InChI=1S/C16H32O2/c1-2-3-4-5-6-7-9-12-15-16(18-15)13-10-8-11-14-17/h15-17H,2-14H2,1H3. The number of unbranched alkanes of at least 4 members (excludes halogenated alkanes) is 8. The van der Waals surface area contributed by atoms with E-state index in [1.165, 1.54) is 64.2 Å². The molecule has 1 heterocycles. The van der Waals surface area contributed by atoms with Gasteiger partial charge in [-0.1, -0.05) is 64.7 Å². The summed E-state index contributed by atoms with van der Waals surface area (Å²) < 4.78 is 5.68. The Morgan fingerprint density at radius 1 is 0.722 bits per heavy atom. The molecular weight excluding hydrogens is 224 g/mol. The van der Waals surface area contributed by atoms with Crippen LogP contribution < -0.4 is 0 Å².